The van der Waals surface area contributed by atoms with Gasteiger partial charge in [0.25, 0.3) is 5.97 Å². The van der Waals surface area contributed by atoms with E-state index in [2.05, 4.69) is 0 Å². The van der Waals surface area contributed by atoms with Crippen LogP contribution in [0.25, 0.3) is 0 Å². The average Bonchev–Trinajstić information content (AvgIpc) is 2.40. The van der Waals surface area contributed by atoms with Crippen molar-refractivity contribution in [2.24, 2.45) is 0 Å². The molecule has 0 aromatic heterocycles. The molecular weight excluding hydrogens is 266 g/mol. The number of hydrogen-bond acceptors (Lipinski definition) is 3. The predicted octanol–water partition coefficient (Wildman–Crippen LogP) is 2.59. The summed E-state index contributed by atoms with van der Waals surface area (Å²) in [5.74, 6) is -0.710. The lowest BCUT2D eigenvalue weighted by molar-refractivity contribution is -0.134. The second-order valence-electron chi connectivity index (χ2n) is 3.22. The number of carboxylic acid groups (broad SMARTS) is 1. The molecule has 0 heterocycles. The van der Waals surface area contributed by atoms with Crippen LogP contribution in [-0.2, 0) is 14.8 Å². The molecule has 0 aliphatic rings. The minimum absolute atomic E-state index is 0.123. The van der Waals surface area contributed by atoms with Gasteiger partial charge in [0.05, 0.1) is 11.4 Å². The molecule has 6 heteroatoms. The Morgan fingerprint density at radius 2 is 1.58 bits per heavy atom. The SMILES string of the molecule is CC.CC(=O)O.CCS(=O)(=O)N(C)c1ccccc1. The Morgan fingerprint density at radius 3 is 1.89 bits per heavy atom. The molecule has 0 unspecified atom stereocenters. The van der Waals surface area contributed by atoms with Gasteiger partial charge in [0.15, 0.2) is 0 Å². The van der Waals surface area contributed by atoms with Gasteiger partial charge < -0.3 is 5.11 Å². The number of aliphatic carboxylic acids is 1. The van der Waals surface area contributed by atoms with Crippen LogP contribution in [0.5, 0.6) is 0 Å². The highest BCUT2D eigenvalue weighted by molar-refractivity contribution is 7.92. The summed E-state index contributed by atoms with van der Waals surface area (Å²) in [5.41, 5.74) is 0.698. The van der Waals surface area contributed by atoms with E-state index in [4.69, 9.17) is 9.90 Å². The van der Waals surface area contributed by atoms with Crippen LogP contribution in [-0.4, -0.2) is 32.3 Å². The molecule has 0 spiro atoms. The molecular formula is C13H23NO4S. The molecule has 1 rings (SSSR count). The van der Waals surface area contributed by atoms with Gasteiger partial charge >= 0.3 is 0 Å². The van der Waals surface area contributed by atoms with E-state index in [0.29, 0.717) is 5.69 Å². The number of hydrogen-bond donors (Lipinski definition) is 1. The second-order valence-corrected chi connectivity index (χ2v) is 5.51. The van der Waals surface area contributed by atoms with Crippen molar-refractivity contribution in [3.8, 4) is 0 Å². The highest BCUT2D eigenvalue weighted by atomic mass is 32.2. The van der Waals surface area contributed by atoms with Crippen molar-refractivity contribution < 1.29 is 18.3 Å². The lowest BCUT2D eigenvalue weighted by Gasteiger charge is -2.17. The average molecular weight is 289 g/mol. The molecule has 0 atom stereocenters. The summed E-state index contributed by atoms with van der Waals surface area (Å²) in [6.07, 6.45) is 0. The summed E-state index contributed by atoms with van der Waals surface area (Å²) in [4.78, 5) is 9.00. The summed E-state index contributed by atoms with van der Waals surface area (Å²) < 4.78 is 24.1. The molecule has 0 bridgehead atoms. The molecule has 0 aliphatic heterocycles. The highest BCUT2D eigenvalue weighted by Crippen LogP contribution is 2.14. The third kappa shape index (κ3) is 9.07. The van der Waals surface area contributed by atoms with Crippen LogP contribution < -0.4 is 4.31 Å². The fourth-order valence-corrected chi connectivity index (χ4v) is 1.82. The van der Waals surface area contributed by atoms with Gasteiger partial charge in [-0.05, 0) is 19.1 Å². The Morgan fingerprint density at radius 1 is 1.21 bits per heavy atom. The maximum Gasteiger partial charge on any atom is 0.300 e. The maximum absolute atomic E-state index is 11.4. The molecule has 5 nitrogen and oxygen atoms in total. The summed E-state index contributed by atoms with van der Waals surface area (Å²) >= 11 is 0. The summed E-state index contributed by atoms with van der Waals surface area (Å²) in [6.45, 7) is 6.72. The zero-order valence-electron chi connectivity index (χ0n) is 12.1. The first kappa shape index (κ1) is 19.8. The van der Waals surface area contributed by atoms with Gasteiger partial charge in [0, 0.05) is 14.0 Å². The Labute approximate surface area is 115 Å². The van der Waals surface area contributed by atoms with Crippen LogP contribution in [0.3, 0.4) is 0 Å². The third-order valence-corrected chi connectivity index (χ3v) is 3.68. The quantitative estimate of drug-likeness (QED) is 0.928. The van der Waals surface area contributed by atoms with Gasteiger partial charge in [0.1, 0.15) is 0 Å². The number of nitrogens with zero attached hydrogens (tertiary/aromatic N) is 1. The lowest BCUT2D eigenvalue weighted by atomic mass is 10.3. The van der Waals surface area contributed by atoms with Crippen molar-refractivity contribution in [1.29, 1.82) is 0 Å². The van der Waals surface area contributed by atoms with E-state index < -0.39 is 16.0 Å². The number of rotatable bonds is 3. The van der Waals surface area contributed by atoms with E-state index in [0.717, 1.165) is 6.92 Å². The maximum atomic E-state index is 11.4. The van der Waals surface area contributed by atoms with Crippen molar-refractivity contribution >= 4 is 21.7 Å². The standard InChI is InChI=1S/C9H13NO2S.C2H4O2.C2H6/c1-3-13(11,12)10(2)9-7-5-4-6-8-9;1-2(3)4;1-2/h4-8H,3H2,1-2H3;1H3,(H,3,4);1-2H3. The van der Waals surface area contributed by atoms with E-state index in [1.54, 1.807) is 26.1 Å². The molecule has 1 N–H and O–H groups in total. The van der Waals surface area contributed by atoms with Crippen molar-refractivity contribution in [2.75, 3.05) is 17.1 Å². The minimum atomic E-state index is -3.12. The van der Waals surface area contributed by atoms with Crippen LogP contribution >= 0.6 is 0 Å². The lowest BCUT2D eigenvalue weighted by Crippen LogP contribution is -2.27. The van der Waals surface area contributed by atoms with Crippen LogP contribution in [0.15, 0.2) is 30.3 Å². The molecule has 0 radical (unpaired) electrons. The van der Waals surface area contributed by atoms with Gasteiger partial charge in [-0.3, -0.25) is 9.10 Å². The first-order valence-corrected chi connectivity index (χ1v) is 7.63. The first-order chi connectivity index (χ1) is 8.81. The molecule has 19 heavy (non-hydrogen) atoms. The van der Waals surface area contributed by atoms with E-state index in [9.17, 15) is 8.42 Å². The number of sulfonamides is 1. The van der Waals surface area contributed by atoms with E-state index in [-0.39, 0.29) is 5.75 Å². The van der Waals surface area contributed by atoms with Crippen LogP contribution in [0, 0.1) is 0 Å². The zero-order chi connectivity index (χ0) is 15.5. The molecule has 0 aliphatic carbocycles. The highest BCUT2D eigenvalue weighted by Gasteiger charge is 2.14. The largest absolute Gasteiger partial charge is 0.481 e. The number of carboxylic acids is 1. The monoisotopic (exact) mass is 289 g/mol. The summed E-state index contributed by atoms with van der Waals surface area (Å²) in [7, 11) is -1.55. The zero-order valence-corrected chi connectivity index (χ0v) is 12.9. The van der Waals surface area contributed by atoms with Crippen molar-refractivity contribution in [3.63, 3.8) is 0 Å². The number of para-hydroxylation sites is 1. The summed E-state index contributed by atoms with van der Waals surface area (Å²) in [6, 6.07) is 9.03. The Balaban J connectivity index is 0. The van der Waals surface area contributed by atoms with Gasteiger partial charge in [-0.15, -0.1) is 0 Å². The van der Waals surface area contributed by atoms with Crippen LogP contribution in [0.1, 0.15) is 27.7 Å². The Kier molecular flexibility index (Phi) is 10.8. The Hall–Kier alpha value is -1.56. The number of carbonyl (C=O) groups is 1. The van der Waals surface area contributed by atoms with Crippen molar-refractivity contribution in [2.45, 2.75) is 27.7 Å². The Bertz CT molecular complexity index is 439. The molecule has 0 saturated carbocycles. The molecule has 0 amide bonds. The van der Waals surface area contributed by atoms with Gasteiger partial charge in [0.2, 0.25) is 10.0 Å². The van der Waals surface area contributed by atoms with Crippen molar-refractivity contribution in [3.05, 3.63) is 30.3 Å². The van der Waals surface area contributed by atoms with Gasteiger partial charge in [-0.25, -0.2) is 8.42 Å². The van der Waals surface area contributed by atoms with E-state index in [1.165, 1.54) is 4.31 Å². The summed E-state index contributed by atoms with van der Waals surface area (Å²) in [5, 5.41) is 7.42. The fourth-order valence-electron chi connectivity index (χ4n) is 0.992. The number of benzene rings is 1. The third-order valence-electron chi connectivity index (χ3n) is 1.90. The molecule has 1 aromatic rings. The van der Waals surface area contributed by atoms with Crippen molar-refractivity contribution in [1.82, 2.24) is 0 Å². The molecule has 0 saturated heterocycles. The minimum Gasteiger partial charge on any atom is -0.481 e. The fraction of sp³-hybridized carbons (Fsp3) is 0.462. The molecule has 110 valence electrons. The first-order valence-electron chi connectivity index (χ1n) is 6.02. The smallest absolute Gasteiger partial charge is 0.300 e. The van der Waals surface area contributed by atoms with E-state index in [1.807, 2.05) is 32.0 Å². The van der Waals surface area contributed by atoms with E-state index >= 15 is 0 Å². The predicted molar refractivity (Wildman–Crippen MR) is 79.0 cm³/mol. The van der Waals surface area contributed by atoms with Crippen LogP contribution in [0.4, 0.5) is 5.69 Å². The normalized spacial score (nSPS) is 9.32. The van der Waals surface area contributed by atoms with Crippen LogP contribution in [0.2, 0.25) is 0 Å². The topological polar surface area (TPSA) is 74.7 Å². The molecule has 1 aromatic carbocycles. The van der Waals surface area contributed by atoms with Gasteiger partial charge in [-0.1, -0.05) is 32.0 Å². The number of anilines is 1. The van der Waals surface area contributed by atoms with Gasteiger partial charge in [-0.2, -0.15) is 0 Å². The molecule has 0 fully saturated rings. The second kappa shape index (κ2) is 10.4.